The number of aromatic nitrogens is 2. The fourth-order valence-electron chi connectivity index (χ4n) is 2.96. The van der Waals surface area contributed by atoms with E-state index in [1.54, 1.807) is 30.0 Å². The Hall–Kier alpha value is -3.08. The first kappa shape index (κ1) is 13.6. The van der Waals surface area contributed by atoms with Crippen LogP contribution in [0.4, 0.5) is 0 Å². The van der Waals surface area contributed by atoms with Gasteiger partial charge in [0, 0.05) is 23.7 Å². The molecule has 0 saturated heterocycles. The van der Waals surface area contributed by atoms with Crippen molar-refractivity contribution < 1.29 is 14.6 Å². The van der Waals surface area contributed by atoms with Crippen LogP contribution in [0.5, 0.6) is 5.75 Å². The molecule has 0 atom stereocenters. The number of aromatic carboxylic acids is 1. The number of methoxy groups -OCH3 is 1. The Kier molecular flexibility index (Phi) is 2.94. The zero-order valence-electron chi connectivity index (χ0n) is 12.5. The molecule has 0 spiro atoms. The lowest BCUT2D eigenvalue weighted by molar-refractivity contribution is 0.0697. The quantitative estimate of drug-likeness (QED) is 0.631. The molecule has 2 aromatic carbocycles. The van der Waals surface area contributed by atoms with Gasteiger partial charge >= 0.3 is 5.97 Å². The number of carbonyl (C=O) groups is 1. The molecule has 1 heterocycles. The number of ether oxygens (including phenoxy) is 1. The lowest BCUT2D eigenvalue weighted by atomic mass is 10.1. The van der Waals surface area contributed by atoms with E-state index in [0.29, 0.717) is 0 Å². The summed E-state index contributed by atoms with van der Waals surface area (Å²) in [5, 5.41) is 13.8. The van der Waals surface area contributed by atoms with Crippen LogP contribution in [0.25, 0.3) is 16.9 Å². The number of hydrogen-bond acceptors (Lipinski definition) is 3. The maximum Gasteiger partial charge on any atom is 0.335 e. The van der Waals surface area contributed by atoms with Crippen molar-refractivity contribution >= 4 is 5.97 Å². The van der Waals surface area contributed by atoms with Gasteiger partial charge in [-0.15, -0.1) is 0 Å². The minimum absolute atomic E-state index is 0.253. The highest BCUT2D eigenvalue weighted by atomic mass is 16.5. The van der Waals surface area contributed by atoms with E-state index < -0.39 is 5.97 Å². The predicted octanol–water partition coefficient (Wildman–Crippen LogP) is 3.15. The summed E-state index contributed by atoms with van der Waals surface area (Å²) in [5.74, 6) is -0.0973. The van der Waals surface area contributed by atoms with Gasteiger partial charge in [-0.05, 0) is 42.0 Å². The van der Waals surface area contributed by atoms with Crippen LogP contribution in [0.1, 0.15) is 21.5 Å². The third kappa shape index (κ3) is 2.17. The Labute approximate surface area is 132 Å². The molecule has 0 radical (unpaired) electrons. The maximum absolute atomic E-state index is 11.1. The van der Waals surface area contributed by atoms with Crippen molar-refractivity contribution in [2.75, 3.05) is 7.11 Å². The van der Waals surface area contributed by atoms with Gasteiger partial charge in [-0.25, -0.2) is 9.48 Å². The highest BCUT2D eigenvalue weighted by Crippen LogP contribution is 2.37. The van der Waals surface area contributed by atoms with Crippen LogP contribution < -0.4 is 4.74 Å². The molecule has 1 aliphatic rings. The van der Waals surface area contributed by atoms with Crippen molar-refractivity contribution in [2.24, 2.45) is 0 Å². The van der Waals surface area contributed by atoms with Crippen molar-refractivity contribution in [3.05, 3.63) is 65.4 Å². The smallest absolute Gasteiger partial charge is 0.335 e. The summed E-state index contributed by atoms with van der Waals surface area (Å²) in [6, 6.07) is 12.8. The van der Waals surface area contributed by atoms with Crippen LogP contribution in [0.3, 0.4) is 0 Å². The van der Waals surface area contributed by atoms with Gasteiger partial charge in [-0.3, -0.25) is 0 Å². The molecule has 1 aliphatic carbocycles. The molecule has 0 bridgehead atoms. The predicted molar refractivity (Wildman–Crippen MR) is 85.3 cm³/mol. The van der Waals surface area contributed by atoms with E-state index in [1.165, 1.54) is 5.56 Å². The molecule has 0 aliphatic heterocycles. The van der Waals surface area contributed by atoms with Gasteiger partial charge in [0.2, 0.25) is 0 Å². The van der Waals surface area contributed by atoms with Crippen molar-refractivity contribution in [2.45, 2.75) is 6.42 Å². The first-order valence-electron chi connectivity index (χ1n) is 7.25. The van der Waals surface area contributed by atoms with Gasteiger partial charge in [0.15, 0.2) is 0 Å². The van der Waals surface area contributed by atoms with Gasteiger partial charge in [0.05, 0.1) is 24.1 Å². The molecule has 5 nitrogen and oxygen atoms in total. The molecule has 3 aromatic rings. The highest BCUT2D eigenvalue weighted by Gasteiger charge is 2.23. The Bertz CT molecular complexity index is 928. The number of benzene rings is 2. The molecule has 1 N–H and O–H groups in total. The van der Waals surface area contributed by atoms with Gasteiger partial charge in [-0.2, -0.15) is 5.10 Å². The summed E-state index contributed by atoms with van der Waals surface area (Å²) < 4.78 is 7.00. The second kappa shape index (κ2) is 4.98. The number of carboxylic acid groups (broad SMARTS) is 1. The largest absolute Gasteiger partial charge is 0.497 e. The Morgan fingerprint density at radius 3 is 2.87 bits per heavy atom. The Balaban J connectivity index is 1.76. The van der Waals surface area contributed by atoms with Crippen LogP contribution in [-0.4, -0.2) is 28.0 Å². The Morgan fingerprint density at radius 2 is 2.09 bits per heavy atom. The highest BCUT2D eigenvalue weighted by molar-refractivity contribution is 5.88. The lowest BCUT2D eigenvalue weighted by Gasteiger charge is -2.05. The summed E-state index contributed by atoms with van der Waals surface area (Å²) in [6.45, 7) is 0. The molecular weight excluding hydrogens is 292 g/mol. The maximum atomic E-state index is 11.1. The zero-order chi connectivity index (χ0) is 16.0. The number of hydrogen-bond donors (Lipinski definition) is 1. The van der Waals surface area contributed by atoms with Crippen molar-refractivity contribution in [3.63, 3.8) is 0 Å². The SMILES string of the molecule is COc1ccc2c(c1)Cc1cn(-c3cccc(C(=O)O)c3)nc1-2. The molecule has 0 fully saturated rings. The minimum atomic E-state index is -0.941. The van der Waals surface area contributed by atoms with E-state index in [2.05, 4.69) is 5.10 Å². The molecule has 114 valence electrons. The second-order valence-electron chi connectivity index (χ2n) is 5.50. The first-order valence-corrected chi connectivity index (χ1v) is 7.25. The summed E-state index contributed by atoms with van der Waals surface area (Å²) in [5.41, 5.74) is 5.39. The van der Waals surface area contributed by atoms with Crippen LogP contribution >= 0.6 is 0 Å². The number of rotatable bonds is 3. The number of fused-ring (bicyclic) bond motifs is 3. The summed E-state index contributed by atoms with van der Waals surface area (Å²) in [4.78, 5) is 11.1. The third-order valence-electron chi connectivity index (χ3n) is 4.10. The number of carboxylic acids is 1. The lowest BCUT2D eigenvalue weighted by Crippen LogP contribution is -2.00. The summed E-state index contributed by atoms with van der Waals surface area (Å²) >= 11 is 0. The van der Waals surface area contributed by atoms with Gasteiger partial charge in [0.1, 0.15) is 5.75 Å². The molecule has 23 heavy (non-hydrogen) atoms. The zero-order valence-corrected chi connectivity index (χ0v) is 12.5. The summed E-state index contributed by atoms with van der Waals surface area (Å²) in [7, 11) is 1.66. The van der Waals surface area contributed by atoms with Crippen LogP contribution in [0.15, 0.2) is 48.7 Å². The molecule has 0 saturated carbocycles. The Morgan fingerprint density at radius 1 is 1.22 bits per heavy atom. The topological polar surface area (TPSA) is 64.3 Å². The summed E-state index contributed by atoms with van der Waals surface area (Å²) in [6.07, 6.45) is 2.77. The molecule has 4 rings (SSSR count). The van der Waals surface area contributed by atoms with E-state index in [4.69, 9.17) is 9.84 Å². The van der Waals surface area contributed by atoms with Gasteiger partial charge in [0.25, 0.3) is 0 Å². The fraction of sp³-hybridized carbons (Fsp3) is 0.111. The second-order valence-corrected chi connectivity index (χ2v) is 5.50. The van der Waals surface area contributed by atoms with Gasteiger partial charge in [-0.1, -0.05) is 6.07 Å². The number of nitrogens with zero attached hydrogens (tertiary/aromatic N) is 2. The standard InChI is InChI=1S/C18H14N2O3/c1-23-15-5-6-16-12(9-15)7-13-10-20(19-17(13)16)14-4-2-3-11(8-14)18(21)22/h2-6,8-10H,7H2,1H3,(H,21,22). The van der Waals surface area contributed by atoms with E-state index >= 15 is 0 Å². The third-order valence-corrected chi connectivity index (χ3v) is 4.10. The van der Waals surface area contributed by atoms with Crippen molar-refractivity contribution in [3.8, 4) is 22.7 Å². The monoisotopic (exact) mass is 306 g/mol. The minimum Gasteiger partial charge on any atom is -0.497 e. The van der Waals surface area contributed by atoms with Gasteiger partial charge < -0.3 is 9.84 Å². The van der Waals surface area contributed by atoms with Crippen molar-refractivity contribution in [1.82, 2.24) is 9.78 Å². The molecule has 0 amide bonds. The van der Waals surface area contributed by atoms with E-state index in [0.717, 1.165) is 34.7 Å². The molecule has 1 aromatic heterocycles. The van der Waals surface area contributed by atoms with E-state index in [1.807, 2.05) is 30.5 Å². The normalized spacial score (nSPS) is 11.9. The fourth-order valence-corrected chi connectivity index (χ4v) is 2.96. The van der Waals surface area contributed by atoms with Crippen LogP contribution in [0.2, 0.25) is 0 Å². The van der Waals surface area contributed by atoms with E-state index in [9.17, 15) is 4.79 Å². The molecule has 5 heteroatoms. The van der Waals surface area contributed by atoms with Crippen molar-refractivity contribution in [1.29, 1.82) is 0 Å². The van der Waals surface area contributed by atoms with Crippen LogP contribution in [0, 0.1) is 0 Å². The van der Waals surface area contributed by atoms with E-state index in [-0.39, 0.29) is 5.56 Å². The van der Waals surface area contributed by atoms with Crippen LogP contribution in [-0.2, 0) is 6.42 Å². The average Bonchev–Trinajstić information content (AvgIpc) is 3.11. The average molecular weight is 306 g/mol. The first-order chi connectivity index (χ1) is 11.2. The molecular formula is C18H14N2O3. The molecule has 0 unspecified atom stereocenters.